The van der Waals surface area contributed by atoms with Gasteiger partial charge in [0.1, 0.15) is 0 Å². The molecule has 0 bridgehead atoms. The molecule has 0 saturated heterocycles. The molecule has 5 rings (SSSR count). The Morgan fingerprint density at radius 2 is 1.87 bits per heavy atom. The molecule has 0 unspecified atom stereocenters. The molecule has 1 aliphatic rings. The average Bonchev–Trinajstić information content (AvgIpc) is 3.38. The SMILES string of the molecule is CC(=O)N1CCc2cc(C(=O)Nc3ccc(Cc4nc5ccccc5s4)cc3)ccc21. The predicted molar refractivity (Wildman–Crippen MR) is 125 cm³/mol. The van der Waals surface area contributed by atoms with Crippen molar-refractivity contribution >= 4 is 44.7 Å². The van der Waals surface area contributed by atoms with Crippen molar-refractivity contribution in [1.82, 2.24) is 4.98 Å². The van der Waals surface area contributed by atoms with Gasteiger partial charge in [0, 0.05) is 36.8 Å². The third kappa shape index (κ3) is 3.94. The third-order valence-corrected chi connectivity index (χ3v) is 6.56. The van der Waals surface area contributed by atoms with Gasteiger partial charge in [-0.05, 0) is 60.0 Å². The molecule has 4 aromatic rings. The molecule has 1 aliphatic heterocycles. The molecule has 2 amide bonds. The summed E-state index contributed by atoms with van der Waals surface area (Å²) in [7, 11) is 0. The number of aromatic nitrogens is 1. The van der Waals surface area contributed by atoms with Crippen molar-refractivity contribution < 1.29 is 9.59 Å². The minimum atomic E-state index is -0.150. The van der Waals surface area contributed by atoms with E-state index in [0.717, 1.165) is 45.9 Å². The lowest BCUT2D eigenvalue weighted by Gasteiger charge is -2.14. The van der Waals surface area contributed by atoms with E-state index in [1.54, 1.807) is 29.2 Å². The smallest absolute Gasteiger partial charge is 0.255 e. The molecule has 3 aromatic carbocycles. The number of carbonyl (C=O) groups excluding carboxylic acids is 2. The third-order valence-electron chi connectivity index (χ3n) is 5.52. The van der Waals surface area contributed by atoms with Crippen molar-refractivity contribution in [3.63, 3.8) is 0 Å². The minimum Gasteiger partial charge on any atom is -0.322 e. The quantitative estimate of drug-likeness (QED) is 0.496. The maximum atomic E-state index is 12.7. The summed E-state index contributed by atoms with van der Waals surface area (Å²) in [5, 5.41) is 4.04. The first-order valence-corrected chi connectivity index (χ1v) is 11.0. The zero-order chi connectivity index (χ0) is 21.4. The van der Waals surface area contributed by atoms with Crippen molar-refractivity contribution in [1.29, 1.82) is 0 Å². The highest BCUT2D eigenvalue weighted by molar-refractivity contribution is 7.18. The molecule has 0 fully saturated rings. The Morgan fingerprint density at radius 3 is 2.65 bits per heavy atom. The van der Waals surface area contributed by atoms with E-state index < -0.39 is 0 Å². The summed E-state index contributed by atoms with van der Waals surface area (Å²) >= 11 is 1.71. The van der Waals surface area contributed by atoms with Crippen molar-refractivity contribution in [3.05, 3.63) is 88.4 Å². The van der Waals surface area contributed by atoms with Crippen LogP contribution in [-0.4, -0.2) is 23.3 Å². The largest absolute Gasteiger partial charge is 0.322 e. The number of rotatable bonds is 4. The second-order valence-corrected chi connectivity index (χ2v) is 8.78. The van der Waals surface area contributed by atoms with Crippen molar-refractivity contribution in [3.8, 4) is 0 Å². The molecule has 1 aromatic heterocycles. The van der Waals surface area contributed by atoms with Crippen LogP contribution in [0.4, 0.5) is 11.4 Å². The Hall–Kier alpha value is -3.51. The lowest BCUT2D eigenvalue weighted by Crippen LogP contribution is -2.25. The van der Waals surface area contributed by atoms with Crippen LogP contribution < -0.4 is 10.2 Å². The fraction of sp³-hybridized carbons (Fsp3) is 0.160. The van der Waals surface area contributed by atoms with E-state index in [1.165, 1.54) is 4.70 Å². The van der Waals surface area contributed by atoms with Gasteiger partial charge in [-0.15, -0.1) is 11.3 Å². The van der Waals surface area contributed by atoms with E-state index in [9.17, 15) is 9.59 Å². The van der Waals surface area contributed by atoms with Crippen LogP contribution in [0.25, 0.3) is 10.2 Å². The van der Waals surface area contributed by atoms with Gasteiger partial charge in [-0.3, -0.25) is 9.59 Å². The number of amides is 2. The predicted octanol–water partition coefficient (Wildman–Crippen LogP) is 5.05. The molecule has 31 heavy (non-hydrogen) atoms. The van der Waals surface area contributed by atoms with Crippen LogP contribution in [0.5, 0.6) is 0 Å². The number of thiazole rings is 1. The molecule has 0 aliphatic carbocycles. The van der Waals surface area contributed by atoms with E-state index in [1.807, 2.05) is 54.6 Å². The molecule has 2 heterocycles. The first kappa shape index (κ1) is 19.5. The summed E-state index contributed by atoms with van der Waals surface area (Å²) in [6.45, 7) is 2.24. The lowest BCUT2D eigenvalue weighted by atomic mass is 10.1. The minimum absolute atomic E-state index is 0.0295. The Kier molecular flexibility index (Phi) is 5.00. The van der Waals surface area contributed by atoms with E-state index >= 15 is 0 Å². The number of hydrogen-bond donors (Lipinski definition) is 1. The number of anilines is 2. The topological polar surface area (TPSA) is 62.3 Å². The summed E-state index contributed by atoms with van der Waals surface area (Å²) in [6.07, 6.45) is 1.54. The number of fused-ring (bicyclic) bond motifs is 2. The lowest BCUT2D eigenvalue weighted by molar-refractivity contribution is -0.116. The summed E-state index contributed by atoms with van der Waals surface area (Å²) in [5.41, 5.74) is 5.48. The Morgan fingerprint density at radius 1 is 1.06 bits per heavy atom. The molecule has 0 radical (unpaired) electrons. The molecule has 6 heteroatoms. The number of benzene rings is 3. The van der Waals surface area contributed by atoms with Crippen LogP contribution in [-0.2, 0) is 17.6 Å². The Labute approximate surface area is 184 Å². The zero-order valence-electron chi connectivity index (χ0n) is 17.1. The van der Waals surface area contributed by atoms with Crippen LogP contribution in [0.2, 0.25) is 0 Å². The van der Waals surface area contributed by atoms with Crippen LogP contribution in [0.1, 0.15) is 33.4 Å². The van der Waals surface area contributed by atoms with Crippen LogP contribution >= 0.6 is 11.3 Å². The van der Waals surface area contributed by atoms with Gasteiger partial charge in [0.2, 0.25) is 5.91 Å². The van der Waals surface area contributed by atoms with Gasteiger partial charge in [-0.1, -0.05) is 24.3 Å². The van der Waals surface area contributed by atoms with Gasteiger partial charge in [-0.25, -0.2) is 4.98 Å². The normalized spacial score (nSPS) is 12.7. The van der Waals surface area contributed by atoms with Crippen molar-refractivity contribution in [2.45, 2.75) is 19.8 Å². The standard InChI is InChI=1S/C25H21N3O2S/c1-16(29)28-13-12-18-15-19(8-11-22(18)28)25(30)26-20-9-6-17(7-10-20)14-24-27-21-4-2-3-5-23(21)31-24/h2-11,15H,12-14H2,1H3,(H,26,30). The van der Waals surface area contributed by atoms with E-state index in [4.69, 9.17) is 0 Å². The second kappa shape index (κ2) is 7.96. The highest BCUT2D eigenvalue weighted by atomic mass is 32.1. The highest BCUT2D eigenvalue weighted by Crippen LogP contribution is 2.29. The number of hydrogen-bond acceptors (Lipinski definition) is 4. The van der Waals surface area contributed by atoms with Gasteiger partial charge in [0.25, 0.3) is 5.91 Å². The van der Waals surface area contributed by atoms with Gasteiger partial charge in [0.15, 0.2) is 0 Å². The van der Waals surface area contributed by atoms with Crippen molar-refractivity contribution in [2.24, 2.45) is 0 Å². The van der Waals surface area contributed by atoms with Crippen LogP contribution in [0.3, 0.4) is 0 Å². The van der Waals surface area contributed by atoms with E-state index in [0.29, 0.717) is 12.1 Å². The zero-order valence-corrected chi connectivity index (χ0v) is 17.9. The molecule has 0 spiro atoms. The number of carbonyl (C=O) groups is 2. The highest BCUT2D eigenvalue weighted by Gasteiger charge is 2.23. The van der Waals surface area contributed by atoms with Gasteiger partial charge in [0.05, 0.1) is 15.2 Å². The second-order valence-electron chi connectivity index (χ2n) is 7.67. The monoisotopic (exact) mass is 427 g/mol. The maximum Gasteiger partial charge on any atom is 0.255 e. The Bertz CT molecular complexity index is 1260. The number of nitrogens with one attached hydrogen (secondary N) is 1. The fourth-order valence-electron chi connectivity index (χ4n) is 3.95. The summed E-state index contributed by atoms with van der Waals surface area (Å²) in [6, 6.07) is 21.6. The molecule has 1 N–H and O–H groups in total. The summed E-state index contributed by atoms with van der Waals surface area (Å²) < 4.78 is 1.20. The molecule has 0 atom stereocenters. The first-order chi connectivity index (χ1) is 15.1. The van der Waals surface area contributed by atoms with Gasteiger partial charge < -0.3 is 10.2 Å². The van der Waals surface area contributed by atoms with Crippen LogP contribution in [0.15, 0.2) is 66.7 Å². The molecule has 154 valence electrons. The van der Waals surface area contributed by atoms with Crippen LogP contribution in [0, 0.1) is 0 Å². The first-order valence-electron chi connectivity index (χ1n) is 10.2. The molecule has 0 saturated carbocycles. The molecular weight excluding hydrogens is 406 g/mol. The number of para-hydroxylation sites is 1. The van der Waals surface area contributed by atoms with Crippen molar-refractivity contribution in [2.75, 3.05) is 16.8 Å². The van der Waals surface area contributed by atoms with Gasteiger partial charge in [-0.2, -0.15) is 0 Å². The number of nitrogens with zero attached hydrogens (tertiary/aromatic N) is 2. The fourth-order valence-corrected chi connectivity index (χ4v) is 4.95. The maximum absolute atomic E-state index is 12.7. The van der Waals surface area contributed by atoms with E-state index in [-0.39, 0.29) is 11.8 Å². The van der Waals surface area contributed by atoms with Gasteiger partial charge >= 0.3 is 0 Å². The summed E-state index contributed by atoms with van der Waals surface area (Å²) in [5.74, 6) is -0.120. The van der Waals surface area contributed by atoms with E-state index in [2.05, 4.69) is 16.4 Å². The summed E-state index contributed by atoms with van der Waals surface area (Å²) in [4.78, 5) is 30.8. The molecule has 5 nitrogen and oxygen atoms in total. The Balaban J connectivity index is 1.26. The molecular formula is C25H21N3O2S. The average molecular weight is 428 g/mol.